The molecule has 2 aliphatic carbocycles. The van der Waals surface area contributed by atoms with Gasteiger partial charge in [-0.1, -0.05) is 18.6 Å². The van der Waals surface area contributed by atoms with Gasteiger partial charge in [0.25, 0.3) is 0 Å². The number of nitrogens with zero attached hydrogens (tertiary/aromatic N) is 1. The summed E-state index contributed by atoms with van der Waals surface area (Å²) in [5, 5.41) is 3.59. The highest BCUT2D eigenvalue weighted by Gasteiger charge is 2.21. The van der Waals surface area contributed by atoms with Crippen LogP contribution in [0.1, 0.15) is 43.2 Å². The van der Waals surface area contributed by atoms with Crippen LogP contribution in [-0.2, 0) is 6.54 Å². The van der Waals surface area contributed by atoms with Gasteiger partial charge in [0.2, 0.25) is 0 Å². The lowest BCUT2D eigenvalue weighted by atomic mass is 9.85. The van der Waals surface area contributed by atoms with Gasteiger partial charge in [-0.3, -0.25) is 0 Å². The Labute approximate surface area is 117 Å². The molecule has 0 heterocycles. The van der Waals surface area contributed by atoms with E-state index in [0.717, 1.165) is 18.5 Å². The highest BCUT2D eigenvalue weighted by atomic mass is 15.1. The van der Waals surface area contributed by atoms with Gasteiger partial charge in [-0.05, 0) is 55.7 Å². The molecule has 2 saturated carbocycles. The predicted octanol–water partition coefficient (Wildman–Crippen LogP) is 3.48. The van der Waals surface area contributed by atoms with Gasteiger partial charge in [0.1, 0.15) is 0 Å². The van der Waals surface area contributed by atoms with E-state index in [2.05, 4.69) is 42.4 Å². The van der Waals surface area contributed by atoms with Crippen LogP contribution in [0.2, 0.25) is 0 Å². The maximum absolute atomic E-state index is 3.59. The number of hydrogen-bond donors (Lipinski definition) is 1. The quantitative estimate of drug-likeness (QED) is 0.840. The molecule has 0 spiro atoms. The van der Waals surface area contributed by atoms with E-state index in [-0.39, 0.29) is 0 Å². The summed E-state index contributed by atoms with van der Waals surface area (Å²) < 4.78 is 0. The Kier molecular flexibility index (Phi) is 3.79. The molecular formula is C17H26N2. The Morgan fingerprint density at radius 1 is 1.21 bits per heavy atom. The molecule has 0 amide bonds. The summed E-state index contributed by atoms with van der Waals surface area (Å²) in [6.07, 6.45) is 7.01. The van der Waals surface area contributed by atoms with Crippen molar-refractivity contribution < 1.29 is 0 Å². The number of aryl methyl sites for hydroxylation is 1. The summed E-state index contributed by atoms with van der Waals surface area (Å²) in [5.74, 6) is 0.931. The lowest BCUT2D eigenvalue weighted by molar-refractivity contribution is 0.321. The van der Waals surface area contributed by atoms with Crippen molar-refractivity contribution in [3.63, 3.8) is 0 Å². The molecule has 0 radical (unpaired) electrons. The Morgan fingerprint density at radius 3 is 2.58 bits per heavy atom. The van der Waals surface area contributed by atoms with E-state index in [0.29, 0.717) is 0 Å². The minimum absolute atomic E-state index is 0.793. The summed E-state index contributed by atoms with van der Waals surface area (Å²) in [5.41, 5.74) is 4.24. The number of benzene rings is 1. The molecule has 0 unspecified atom stereocenters. The molecule has 19 heavy (non-hydrogen) atoms. The summed E-state index contributed by atoms with van der Waals surface area (Å²) in [6, 6.07) is 7.73. The molecule has 2 aliphatic rings. The lowest BCUT2D eigenvalue weighted by Crippen LogP contribution is -2.29. The molecule has 0 bridgehead atoms. The van der Waals surface area contributed by atoms with Gasteiger partial charge in [0, 0.05) is 31.9 Å². The molecule has 2 nitrogen and oxygen atoms in total. The third kappa shape index (κ3) is 3.30. The summed E-state index contributed by atoms with van der Waals surface area (Å²) >= 11 is 0. The third-order valence-electron chi connectivity index (χ3n) is 4.60. The van der Waals surface area contributed by atoms with Crippen LogP contribution in [0.25, 0.3) is 0 Å². The maximum atomic E-state index is 3.59. The molecule has 0 aromatic heterocycles. The normalized spacial score (nSPS) is 19.3. The molecule has 3 rings (SSSR count). The summed E-state index contributed by atoms with van der Waals surface area (Å²) in [7, 11) is 2.24. The molecule has 0 aliphatic heterocycles. The SMILES string of the molecule is Cc1cc(CNC2CC2)ccc1N(C)CC1CCC1. The standard InChI is InChI=1S/C17H26N2/c1-13-10-15(11-18-16-7-8-16)6-9-17(13)19(2)12-14-4-3-5-14/h6,9-10,14,16,18H,3-5,7-8,11-12H2,1-2H3. The fraction of sp³-hybridized carbons (Fsp3) is 0.647. The second-order valence-electron chi connectivity index (χ2n) is 6.45. The topological polar surface area (TPSA) is 15.3 Å². The lowest BCUT2D eigenvalue weighted by Gasteiger charge is -2.32. The van der Waals surface area contributed by atoms with Crippen molar-refractivity contribution in [1.29, 1.82) is 0 Å². The zero-order valence-corrected chi connectivity index (χ0v) is 12.3. The van der Waals surface area contributed by atoms with Gasteiger partial charge in [-0.2, -0.15) is 0 Å². The zero-order chi connectivity index (χ0) is 13.2. The zero-order valence-electron chi connectivity index (χ0n) is 12.3. The Hall–Kier alpha value is -1.02. The van der Waals surface area contributed by atoms with Crippen LogP contribution < -0.4 is 10.2 Å². The van der Waals surface area contributed by atoms with E-state index in [9.17, 15) is 0 Å². The Bertz CT molecular complexity index is 433. The number of nitrogens with one attached hydrogen (secondary N) is 1. The van der Waals surface area contributed by atoms with E-state index in [1.54, 1.807) is 0 Å². The first-order valence-corrected chi connectivity index (χ1v) is 7.76. The van der Waals surface area contributed by atoms with Crippen LogP contribution >= 0.6 is 0 Å². The van der Waals surface area contributed by atoms with Crippen LogP contribution in [0.3, 0.4) is 0 Å². The van der Waals surface area contributed by atoms with Crippen LogP contribution in [0.4, 0.5) is 5.69 Å². The van der Waals surface area contributed by atoms with Crippen molar-refractivity contribution in [1.82, 2.24) is 5.32 Å². The fourth-order valence-electron chi connectivity index (χ4n) is 2.97. The first kappa shape index (κ1) is 13.0. The largest absolute Gasteiger partial charge is 0.374 e. The molecule has 1 N–H and O–H groups in total. The number of anilines is 1. The molecular weight excluding hydrogens is 232 g/mol. The van der Waals surface area contributed by atoms with E-state index in [4.69, 9.17) is 0 Å². The van der Waals surface area contributed by atoms with Crippen molar-refractivity contribution in [2.45, 2.75) is 51.6 Å². The van der Waals surface area contributed by atoms with Crippen LogP contribution in [0.15, 0.2) is 18.2 Å². The van der Waals surface area contributed by atoms with Gasteiger partial charge >= 0.3 is 0 Å². The fourth-order valence-corrected chi connectivity index (χ4v) is 2.97. The Balaban J connectivity index is 1.60. The monoisotopic (exact) mass is 258 g/mol. The van der Waals surface area contributed by atoms with E-state index in [1.165, 1.54) is 55.5 Å². The molecule has 0 saturated heterocycles. The summed E-state index contributed by atoms with van der Waals surface area (Å²) in [4.78, 5) is 2.44. The van der Waals surface area contributed by atoms with Gasteiger partial charge in [-0.25, -0.2) is 0 Å². The molecule has 0 atom stereocenters. The first-order chi connectivity index (χ1) is 9.22. The summed E-state index contributed by atoms with van der Waals surface area (Å²) in [6.45, 7) is 4.49. The maximum Gasteiger partial charge on any atom is 0.0393 e. The highest BCUT2D eigenvalue weighted by molar-refractivity contribution is 5.54. The van der Waals surface area contributed by atoms with Crippen LogP contribution in [0.5, 0.6) is 0 Å². The number of hydrogen-bond acceptors (Lipinski definition) is 2. The first-order valence-electron chi connectivity index (χ1n) is 7.76. The average molecular weight is 258 g/mol. The number of rotatable bonds is 6. The molecule has 104 valence electrons. The second-order valence-corrected chi connectivity index (χ2v) is 6.45. The Morgan fingerprint density at radius 2 is 2.00 bits per heavy atom. The van der Waals surface area contributed by atoms with Crippen LogP contribution in [-0.4, -0.2) is 19.6 Å². The minimum Gasteiger partial charge on any atom is -0.374 e. The smallest absolute Gasteiger partial charge is 0.0393 e. The molecule has 1 aromatic carbocycles. The molecule has 2 fully saturated rings. The van der Waals surface area contributed by atoms with E-state index in [1.807, 2.05) is 0 Å². The van der Waals surface area contributed by atoms with Crippen LogP contribution in [0, 0.1) is 12.8 Å². The van der Waals surface area contributed by atoms with Crippen molar-refractivity contribution in [2.75, 3.05) is 18.5 Å². The van der Waals surface area contributed by atoms with E-state index < -0.39 is 0 Å². The molecule has 2 heteroatoms. The molecule has 1 aromatic rings. The minimum atomic E-state index is 0.793. The highest BCUT2D eigenvalue weighted by Crippen LogP contribution is 2.29. The van der Waals surface area contributed by atoms with Gasteiger partial charge in [-0.15, -0.1) is 0 Å². The second kappa shape index (κ2) is 5.54. The van der Waals surface area contributed by atoms with Crippen molar-refractivity contribution in [3.05, 3.63) is 29.3 Å². The predicted molar refractivity (Wildman–Crippen MR) is 81.7 cm³/mol. The van der Waals surface area contributed by atoms with Crippen molar-refractivity contribution in [3.8, 4) is 0 Å². The van der Waals surface area contributed by atoms with Crippen molar-refractivity contribution in [2.24, 2.45) is 5.92 Å². The van der Waals surface area contributed by atoms with E-state index >= 15 is 0 Å². The average Bonchev–Trinajstić information content (AvgIpc) is 3.15. The van der Waals surface area contributed by atoms with Gasteiger partial charge < -0.3 is 10.2 Å². The van der Waals surface area contributed by atoms with Crippen molar-refractivity contribution >= 4 is 5.69 Å². The third-order valence-corrected chi connectivity index (χ3v) is 4.60. The van der Waals surface area contributed by atoms with Gasteiger partial charge in [0.05, 0.1) is 0 Å². The van der Waals surface area contributed by atoms with Gasteiger partial charge in [0.15, 0.2) is 0 Å².